The summed E-state index contributed by atoms with van der Waals surface area (Å²) in [6, 6.07) is 0. The van der Waals surface area contributed by atoms with Crippen LogP contribution in [0.4, 0.5) is 0 Å². The molecule has 0 bridgehead atoms. The quantitative estimate of drug-likeness (QED) is 0.479. The van der Waals surface area contributed by atoms with E-state index in [1.807, 2.05) is 0 Å². The standard InChI is InChI=1S/C5H9I2N/c1-8-2-4(6)5(7)3-8/h4-5H,2-3H2,1H3. The number of halogens is 2. The molecule has 2 unspecified atom stereocenters. The highest BCUT2D eigenvalue weighted by atomic mass is 127. The Kier molecular flexibility index (Phi) is 2.83. The minimum absolute atomic E-state index is 0.873. The van der Waals surface area contributed by atoms with Crippen LogP contribution in [0.25, 0.3) is 0 Å². The molecule has 8 heavy (non-hydrogen) atoms. The highest BCUT2D eigenvalue weighted by molar-refractivity contribution is 14.1. The molecule has 48 valence electrons. The molecule has 2 atom stereocenters. The van der Waals surface area contributed by atoms with E-state index in [2.05, 4.69) is 57.1 Å². The van der Waals surface area contributed by atoms with Crippen LogP contribution in [0, 0.1) is 0 Å². The lowest BCUT2D eigenvalue weighted by atomic mass is 10.4. The fraction of sp³-hybridized carbons (Fsp3) is 1.00. The van der Waals surface area contributed by atoms with Crippen molar-refractivity contribution in [3.63, 3.8) is 0 Å². The predicted octanol–water partition coefficient (Wildman–Crippen LogP) is 1.54. The van der Waals surface area contributed by atoms with Crippen LogP contribution in [0.1, 0.15) is 0 Å². The lowest BCUT2D eigenvalue weighted by Crippen LogP contribution is -2.13. The van der Waals surface area contributed by atoms with E-state index in [1.54, 1.807) is 0 Å². The van der Waals surface area contributed by atoms with Gasteiger partial charge in [0.15, 0.2) is 0 Å². The third-order valence-electron chi connectivity index (χ3n) is 1.36. The van der Waals surface area contributed by atoms with E-state index in [1.165, 1.54) is 13.1 Å². The molecule has 1 aliphatic heterocycles. The summed E-state index contributed by atoms with van der Waals surface area (Å²) < 4.78 is 1.75. The molecular weight excluding hydrogens is 328 g/mol. The average Bonchev–Trinajstić information content (AvgIpc) is 1.85. The molecule has 1 saturated heterocycles. The molecule has 0 aromatic heterocycles. The molecule has 1 nitrogen and oxygen atoms in total. The summed E-state index contributed by atoms with van der Waals surface area (Å²) in [6.07, 6.45) is 0. The van der Waals surface area contributed by atoms with Gasteiger partial charge < -0.3 is 4.90 Å². The fourth-order valence-electron chi connectivity index (χ4n) is 0.899. The molecule has 1 rings (SSSR count). The van der Waals surface area contributed by atoms with Crippen molar-refractivity contribution >= 4 is 45.2 Å². The second-order valence-electron chi connectivity index (χ2n) is 2.25. The Hall–Kier alpha value is 1.42. The summed E-state index contributed by atoms with van der Waals surface area (Å²) in [4.78, 5) is 2.38. The Morgan fingerprint density at radius 2 is 1.62 bits per heavy atom. The van der Waals surface area contributed by atoms with Crippen molar-refractivity contribution in [2.75, 3.05) is 20.1 Å². The molecule has 0 aliphatic carbocycles. The average molecular weight is 337 g/mol. The molecule has 0 saturated carbocycles. The van der Waals surface area contributed by atoms with Crippen LogP contribution in [-0.4, -0.2) is 32.9 Å². The van der Waals surface area contributed by atoms with Gasteiger partial charge in [-0.1, -0.05) is 45.2 Å². The normalized spacial score (nSPS) is 40.9. The molecule has 0 aromatic rings. The van der Waals surface area contributed by atoms with Gasteiger partial charge in [-0.05, 0) is 7.05 Å². The molecule has 0 aromatic carbocycles. The molecule has 0 radical (unpaired) electrons. The lowest BCUT2D eigenvalue weighted by molar-refractivity contribution is 0.422. The zero-order valence-electron chi connectivity index (χ0n) is 4.77. The number of nitrogens with zero attached hydrogens (tertiary/aromatic N) is 1. The van der Waals surface area contributed by atoms with E-state index >= 15 is 0 Å². The molecule has 1 heterocycles. The summed E-state index contributed by atoms with van der Waals surface area (Å²) in [5.74, 6) is 0. The minimum Gasteiger partial charge on any atom is -0.304 e. The van der Waals surface area contributed by atoms with E-state index in [4.69, 9.17) is 0 Å². The SMILES string of the molecule is CN1CC(I)C(I)C1. The summed E-state index contributed by atoms with van der Waals surface area (Å²) in [5.41, 5.74) is 0. The molecule has 0 spiro atoms. The van der Waals surface area contributed by atoms with Crippen molar-refractivity contribution in [1.29, 1.82) is 0 Å². The van der Waals surface area contributed by atoms with Gasteiger partial charge in [-0.25, -0.2) is 0 Å². The van der Waals surface area contributed by atoms with E-state index in [0.29, 0.717) is 0 Å². The van der Waals surface area contributed by atoms with Gasteiger partial charge in [-0.2, -0.15) is 0 Å². The number of hydrogen-bond acceptors (Lipinski definition) is 1. The third-order valence-corrected chi connectivity index (χ3v) is 5.26. The molecule has 1 fully saturated rings. The second kappa shape index (κ2) is 3.01. The summed E-state index contributed by atoms with van der Waals surface area (Å²) in [7, 11) is 2.18. The first kappa shape index (κ1) is 7.53. The maximum atomic E-state index is 2.52. The topological polar surface area (TPSA) is 3.24 Å². The van der Waals surface area contributed by atoms with Crippen molar-refractivity contribution in [1.82, 2.24) is 4.90 Å². The molecular formula is C5H9I2N. The van der Waals surface area contributed by atoms with Crippen molar-refractivity contribution in [3.8, 4) is 0 Å². The number of likely N-dealkylation sites (tertiary alicyclic amines) is 1. The molecule has 3 heteroatoms. The van der Waals surface area contributed by atoms with Crippen molar-refractivity contribution in [2.24, 2.45) is 0 Å². The summed E-state index contributed by atoms with van der Waals surface area (Å²) >= 11 is 5.05. The van der Waals surface area contributed by atoms with Crippen molar-refractivity contribution in [2.45, 2.75) is 7.85 Å². The summed E-state index contributed by atoms with van der Waals surface area (Å²) in [5, 5.41) is 0. The van der Waals surface area contributed by atoms with Crippen LogP contribution < -0.4 is 0 Å². The first-order valence-electron chi connectivity index (χ1n) is 2.67. The molecule has 0 amide bonds. The smallest absolute Gasteiger partial charge is 0.0367 e. The van der Waals surface area contributed by atoms with Crippen LogP contribution in [0.2, 0.25) is 0 Å². The Balaban J connectivity index is 2.39. The van der Waals surface area contributed by atoms with Crippen molar-refractivity contribution in [3.05, 3.63) is 0 Å². The Labute approximate surface area is 77.5 Å². The first-order valence-corrected chi connectivity index (χ1v) is 5.16. The van der Waals surface area contributed by atoms with E-state index in [9.17, 15) is 0 Å². The van der Waals surface area contributed by atoms with Crippen LogP contribution in [0.5, 0.6) is 0 Å². The van der Waals surface area contributed by atoms with Crippen LogP contribution >= 0.6 is 45.2 Å². The Morgan fingerprint density at radius 1 is 1.25 bits per heavy atom. The Morgan fingerprint density at radius 3 is 1.75 bits per heavy atom. The van der Waals surface area contributed by atoms with Gasteiger partial charge in [0.25, 0.3) is 0 Å². The van der Waals surface area contributed by atoms with Gasteiger partial charge in [0.05, 0.1) is 0 Å². The van der Waals surface area contributed by atoms with Gasteiger partial charge in [-0.3, -0.25) is 0 Å². The zero-order chi connectivity index (χ0) is 6.15. The Bertz CT molecular complexity index is 76.5. The monoisotopic (exact) mass is 337 g/mol. The zero-order valence-corrected chi connectivity index (χ0v) is 9.09. The van der Waals surface area contributed by atoms with Crippen LogP contribution in [0.3, 0.4) is 0 Å². The third kappa shape index (κ3) is 1.70. The maximum absolute atomic E-state index is 2.52. The maximum Gasteiger partial charge on any atom is 0.0367 e. The highest BCUT2D eigenvalue weighted by Gasteiger charge is 2.25. The van der Waals surface area contributed by atoms with Gasteiger partial charge in [0.2, 0.25) is 0 Å². The second-order valence-corrected chi connectivity index (χ2v) is 5.45. The van der Waals surface area contributed by atoms with E-state index in [-0.39, 0.29) is 0 Å². The lowest BCUT2D eigenvalue weighted by Gasteiger charge is -2.02. The van der Waals surface area contributed by atoms with E-state index < -0.39 is 0 Å². The van der Waals surface area contributed by atoms with Crippen LogP contribution in [-0.2, 0) is 0 Å². The van der Waals surface area contributed by atoms with Gasteiger partial charge in [0, 0.05) is 20.9 Å². The van der Waals surface area contributed by atoms with Gasteiger partial charge in [0.1, 0.15) is 0 Å². The number of hydrogen-bond donors (Lipinski definition) is 0. The molecule has 1 aliphatic rings. The highest BCUT2D eigenvalue weighted by Crippen LogP contribution is 2.22. The fourth-order valence-corrected chi connectivity index (χ4v) is 2.70. The summed E-state index contributed by atoms with van der Waals surface area (Å²) in [6.45, 7) is 2.54. The number of rotatable bonds is 0. The minimum atomic E-state index is 0.873. The van der Waals surface area contributed by atoms with Crippen molar-refractivity contribution < 1.29 is 0 Å². The van der Waals surface area contributed by atoms with Crippen LogP contribution in [0.15, 0.2) is 0 Å². The first-order chi connectivity index (χ1) is 3.70. The van der Waals surface area contributed by atoms with Gasteiger partial charge in [-0.15, -0.1) is 0 Å². The van der Waals surface area contributed by atoms with Gasteiger partial charge >= 0.3 is 0 Å². The molecule has 0 N–H and O–H groups in total. The number of alkyl halides is 2. The predicted molar refractivity (Wildman–Crippen MR) is 53.1 cm³/mol. The largest absolute Gasteiger partial charge is 0.304 e. The van der Waals surface area contributed by atoms with E-state index in [0.717, 1.165) is 7.85 Å².